The third kappa shape index (κ3) is 10.1. The van der Waals surface area contributed by atoms with Gasteiger partial charge in [0.15, 0.2) is 5.96 Å². The molecule has 0 aliphatic carbocycles. The van der Waals surface area contributed by atoms with E-state index in [9.17, 15) is 0 Å². The molecule has 0 unspecified atom stereocenters. The molecule has 0 aromatic carbocycles. The smallest absolute Gasteiger partial charge is 0.188 e. The molecule has 5 nitrogen and oxygen atoms in total. The van der Waals surface area contributed by atoms with Crippen LogP contribution in [0.1, 0.15) is 32.4 Å². The van der Waals surface area contributed by atoms with Gasteiger partial charge in [-0.05, 0) is 30.9 Å². The molecule has 1 rings (SSSR count). The lowest BCUT2D eigenvalue weighted by molar-refractivity contribution is 0.105. The number of rotatable bonds is 9. The van der Waals surface area contributed by atoms with E-state index in [4.69, 9.17) is 14.9 Å². The number of hydrogen-bond donors (Lipinski definition) is 2. The first-order valence-corrected chi connectivity index (χ1v) is 6.82. The molecule has 1 heterocycles. The lowest BCUT2D eigenvalue weighted by Crippen LogP contribution is -2.33. The average molecular weight is 395 g/mol. The molecule has 0 aliphatic heterocycles. The first-order valence-electron chi connectivity index (χ1n) is 6.82. The van der Waals surface area contributed by atoms with E-state index < -0.39 is 0 Å². The molecule has 1 aromatic rings. The van der Waals surface area contributed by atoms with Gasteiger partial charge in [0, 0.05) is 19.7 Å². The third-order valence-electron chi connectivity index (χ3n) is 2.58. The second-order valence-corrected chi connectivity index (χ2v) is 4.86. The second-order valence-electron chi connectivity index (χ2n) is 4.86. The summed E-state index contributed by atoms with van der Waals surface area (Å²) in [5, 5.41) is 3.10. The molecule has 1 aromatic heterocycles. The summed E-state index contributed by atoms with van der Waals surface area (Å²) in [7, 11) is 0. The van der Waals surface area contributed by atoms with Gasteiger partial charge in [0.05, 0.1) is 6.26 Å². The van der Waals surface area contributed by atoms with Crippen LogP contribution in [0.5, 0.6) is 0 Å². The summed E-state index contributed by atoms with van der Waals surface area (Å²) in [4.78, 5) is 4.24. The lowest BCUT2D eigenvalue weighted by Gasteiger charge is -2.07. The topological polar surface area (TPSA) is 72.8 Å². The van der Waals surface area contributed by atoms with E-state index in [2.05, 4.69) is 24.2 Å². The van der Waals surface area contributed by atoms with Crippen molar-refractivity contribution in [3.63, 3.8) is 0 Å². The number of halogens is 1. The van der Waals surface area contributed by atoms with Crippen molar-refractivity contribution in [3.05, 3.63) is 24.2 Å². The largest absolute Gasteiger partial charge is 0.467 e. The fraction of sp³-hybridized carbons (Fsp3) is 0.643. The van der Waals surface area contributed by atoms with E-state index in [0.29, 0.717) is 31.6 Å². The van der Waals surface area contributed by atoms with Crippen LogP contribution in [0.2, 0.25) is 0 Å². The number of nitrogens with zero attached hydrogens (tertiary/aromatic N) is 1. The first kappa shape index (κ1) is 19.2. The number of ether oxygens (including phenoxy) is 1. The Labute approximate surface area is 138 Å². The van der Waals surface area contributed by atoms with Crippen LogP contribution in [-0.4, -0.2) is 25.7 Å². The predicted molar refractivity (Wildman–Crippen MR) is 92.3 cm³/mol. The maximum absolute atomic E-state index is 5.73. The Morgan fingerprint density at radius 2 is 2.30 bits per heavy atom. The van der Waals surface area contributed by atoms with Gasteiger partial charge >= 0.3 is 0 Å². The molecule has 0 saturated carbocycles. The van der Waals surface area contributed by atoms with Crippen molar-refractivity contribution in [2.75, 3.05) is 19.7 Å². The molecule has 6 heteroatoms. The second kappa shape index (κ2) is 12.0. The van der Waals surface area contributed by atoms with Crippen molar-refractivity contribution in [3.8, 4) is 0 Å². The highest BCUT2D eigenvalue weighted by atomic mass is 127. The zero-order chi connectivity index (χ0) is 13.9. The van der Waals surface area contributed by atoms with Crippen molar-refractivity contribution in [1.29, 1.82) is 0 Å². The maximum atomic E-state index is 5.73. The molecule has 3 N–H and O–H groups in total. The van der Waals surface area contributed by atoms with Crippen molar-refractivity contribution in [2.24, 2.45) is 16.6 Å². The van der Waals surface area contributed by atoms with Crippen LogP contribution in [0.25, 0.3) is 0 Å². The van der Waals surface area contributed by atoms with E-state index in [1.165, 1.54) is 0 Å². The molecule has 0 aliphatic rings. The molecule has 116 valence electrons. The van der Waals surface area contributed by atoms with E-state index in [1.54, 1.807) is 6.26 Å². The Kier molecular flexibility index (Phi) is 11.6. The third-order valence-corrected chi connectivity index (χ3v) is 2.58. The number of guanidine groups is 1. The van der Waals surface area contributed by atoms with Gasteiger partial charge in [-0.2, -0.15) is 0 Å². The van der Waals surface area contributed by atoms with Crippen molar-refractivity contribution >= 4 is 29.9 Å². The highest BCUT2D eigenvalue weighted by Gasteiger charge is 1.96. The summed E-state index contributed by atoms with van der Waals surface area (Å²) in [6.45, 7) is 7.10. The molecule has 0 radical (unpaired) electrons. The van der Waals surface area contributed by atoms with Crippen LogP contribution in [0.15, 0.2) is 27.8 Å². The van der Waals surface area contributed by atoms with Crippen LogP contribution < -0.4 is 11.1 Å². The van der Waals surface area contributed by atoms with Gasteiger partial charge in [-0.1, -0.05) is 13.8 Å². The summed E-state index contributed by atoms with van der Waals surface area (Å²) in [5.41, 5.74) is 5.73. The monoisotopic (exact) mass is 395 g/mol. The minimum atomic E-state index is 0. The van der Waals surface area contributed by atoms with Crippen molar-refractivity contribution < 1.29 is 9.15 Å². The highest BCUT2D eigenvalue weighted by molar-refractivity contribution is 14.0. The molecule has 0 bridgehead atoms. The Hall–Kier alpha value is -0.760. The Morgan fingerprint density at radius 1 is 1.50 bits per heavy atom. The summed E-state index contributed by atoms with van der Waals surface area (Å²) < 4.78 is 10.6. The number of nitrogens with two attached hydrogens (primary N) is 1. The summed E-state index contributed by atoms with van der Waals surface area (Å²) in [6, 6.07) is 3.75. The first-order chi connectivity index (χ1) is 9.18. The molecule has 0 fully saturated rings. The van der Waals surface area contributed by atoms with Gasteiger partial charge in [0.25, 0.3) is 0 Å². The normalized spacial score (nSPS) is 11.4. The minimum absolute atomic E-state index is 0. The lowest BCUT2D eigenvalue weighted by atomic mass is 10.1. The standard InChI is InChI=1S/C14H25N3O2.HI/c1-12(2)6-8-17-14(15)16-7-4-9-18-11-13-5-3-10-19-13;/h3,5,10,12H,4,6-9,11H2,1-2H3,(H3,15,16,17);1H. The van der Waals surface area contributed by atoms with Gasteiger partial charge in [0.2, 0.25) is 0 Å². The van der Waals surface area contributed by atoms with Gasteiger partial charge in [-0.25, -0.2) is 0 Å². The fourth-order valence-electron chi connectivity index (χ4n) is 1.48. The maximum Gasteiger partial charge on any atom is 0.188 e. The van der Waals surface area contributed by atoms with Crippen LogP contribution in [-0.2, 0) is 11.3 Å². The number of aliphatic imine (C=N–C) groups is 1. The van der Waals surface area contributed by atoms with Gasteiger partial charge in [-0.15, -0.1) is 24.0 Å². The molecular weight excluding hydrogens is 369 g/mol. The van der Waals surface area contributed by atoms with E-state index >= 15 is 0 Å². The summed E-state index contributed by atoms with van der Waals surface area (Å²) in [5.74, 6) is 2.04. The summed E-state index contributed by atoms with van der Waals surface area (Å²) in [6.07, 6.45) is 3.60. The van der Waals surface area contributed by atoms with Crippen LogP contribution in [0.4, 0.5) is 0 Å². The zero-order valence-corrected chi connectivity index (χ0v) is 14.6. The summed E-state index contributed by atoms with van der Waals surface area (Å²) >= 11 is 0. The van der Waals surface area contributed by atoms with Crippen LogP contribution >= 0.6 is 24.0 Å². The molecule has 0 spiro atoms. The van der Waals surface area contributed by atoms with Crippen molar-refractivity contribution in [1.82, 2.24) is 5.32 Å². The van der Waals surface area contributed by atoms with Gasteiger partial charge in [-0.3, -0.25) is 4.99 Å². The Morgan fingerprint density at radius 3 is 2.95 bits per heavy atom. The number of nitrogens with one attached hydrogen (secondary N) is 1. The van der Waals surface area contributed by atoms with Gasteiger partial charge in [0.1, 0.15) is 12.4 Å². The van der Waals surface area contributed by atoms with E-state index in [-0.39, 0.29) is 24.0 Å². The molecular formula is C14H26IN3O2. The fourth-order valence-corrected chi connectivity index (χ4v) is 1.48. The number of hydrogen-bond acceptors (Lipinski definition) is 3. The van der Waals surface area contributed by atoms with E-state index in [1.807, 2.05) is 12.1 Å². The van der Waals surface area contributed by atoms with E-state index in [0.717, 1.165) is 25.1 Å². The quantitative estimate of drug-likeness (QED) is 0.292. The minimum Gasteiger partial charge on any atom is -0.467 e. The molecule has 0 atom stereocenters. The molecule has 0 saturated heterocycles. The van der Waals surface area contributed by atoms with Crippen molar-refractivity contribution in [2.45, 2.75) is 33.3 Å². The molecule has 20 heavy (non-hydrogen) atoms. The molecule has 0 amide bonds. The zero-order valence-electron chi connectivity index (χ0n) is 12.3. The Balaban J connectivity index is 0.00000361. The Bertz CT molecular complexity index is 353. The van der Waals surface area contributed by atoms with Crippen LogP contribution in [0.3, 0.4) is 0 Å². The SMILES string of the molecule is CC(C)CCNC(N)=NCCCOCc1ccco1.I. The van der Waals surface area contributed by atoms with Crippen LogP contribution in [0, 0.1) is 5.92 Å². The number of furan rings is 1. The highest BCUT2D eigenvalue weighted by Crippen LogP contribution is 2.01. The van der Waals surface area contributed by atoms with Gasteiger partial charge < -0.3 is 20.2 Å². The average Bonchev–Trinajstić information content (AvgIpc) is 2.86. The predicted octanol–water partition coefficient (Wildman–Crippen LogP) is 2.75.